The lowest BCUT2D eigenvalue weighted by Crippen LogP contribution is -2.22. The average molecular weight is 426 g/mol. The van der Waals surface area contributed by atoms with Crippen molar-refractivity contribution in [3.63, 3.8) is 0 Å². The maximum absolute atomic E-state index is 14.1. The standard InChI is InChI=1S/C17H16F6N2O2S/c18-11-6-14(12(19)3-9(11)5-16(20)21)25-28(26,27)15-7-24-13-4-8(17(22)23)1-2-10(13)15/h3,6-8,16-17,24-25H,1-2,4-5H2. The molecular formula is C17H16F6N2O2S. The minimum Gasteiger partial charge on any atom is -0.363 e. The second kappa shape index (κ2) is 7.69. The molecular weight excluding hydrogens is 410 g/mol. The molecule has 0 amide bonds. The summed E-state index contributed by atoms with van der Waals surface area (Å²) in [5.74, 6) is -3.26. The van der Waals surface area contributed by atoms with Crippen LogP contribution in [0.4, 0.5) is 32.0 Å². The second-order valence-corrected chi connectivity index (χ2v) is 8.22. The highest BCUT2D eigenvalue weighted by atomic mass is 32.2. The predicted molar refractivity (Wildman–Crippen MR) is 89.2 cm³/mol. The molecule has 1 atom stereocenters. The first-order valence-corrected chi connectivity index (χ1v) is 9.83. The van der Waals surface area contributed by atoms with Crippen LogP contribution in [0.2, 0.25) is 0 Å². The Morgan fingerprint density at radius 1 is 1.14 bits per heavy atom. The normalized spacial score (nSPS) is 17.2. The Hall–Kier alpha value is -2.17. The number of benzene rings is 1. The fourth-order valence-electron chi connectivity index (χ4n) is 3.27. The van der Waals surface area contributed by atoms with Crippen LogP contribution in [-0.4, -0.2) is 26.3 Å². The minimum atomic E-state index is -4.35. The molecule has 4 nitrogen and oxygen atoms in total. The van der Waals surface area contributed by atoms with Crippen molar-refractivity contribution in [2.24, 2.45) is 5.92 Å². The van der Waals surface area contributed by atoms with E-state index in [1.54, 1.807) is 0 Å². The fourth-order valence-corrected chi connectivity index (χ4v) is 4.59. The van der Waals surface area contributed by atoms with Gasteiger partial charge in [-0.15, -0.1) is 0 Å². The van der Waals surface area contributed by atoms with Crippen molar-refractivity contribution in [2.45, 2.75) is 43.4 Å². The van der Waals surface area contributed by atoms with Crippen molar-refractivity contribution < 1.29 is 34.8 Å². The van der Waals surface area contributed by atoms with E-state index in [-0.39, 0.29) is 24.2 Å². The smallest absolute Gasteiger partial charge is 0.263 e. The van der Waals surface area contributed by atoms with Crippen LogP contribution in [0, 0.1) is 17.6 Å². The van der Waals surface area contributed by atoms with Crippen LogP contribution in [0.15, 0.2) is 23.2 Å². The molecule has 1 unspecified atom stereocenters. The second-order valence-electron chi connectivity index (χ2n) is 6.57. The summed E-state index contributed by atoms with van der Waals surface area (Å²) in [6.45, 7) is 0. The van der Waals surface area contributed by atoms with Crippen molar-refractivity contribution in [3.8, 4) is 0 Å². The topological polar surface area (TPSA) is 62.0 Å². The van der Waals surface area contributed by atoms with Crippen LogP contribution in [0.1, 0.15) is 23.2 Å². The number of hydrogen-bond acceptors (Lipinski definition) is 2. The number of aromatic amines is 1. The lowest BCUT2D eigenvalue weighted by Gasteiger charge is -2.22. The van der Waals surface area contributed by atoms with E-state index in [4.69, 9.17) is 0 Å². The zero-order valence-corrected chi connectivity index (χ0v) is 15.1. The van der Waals surface area contributed by atoms with Crippen molar-refractivity contribution in [3.05, 3.63) is 46.8 Å². The molecule has 1 aromatic carbocycles. The summed E-state index contributed by atoms with van der Waals surface area (Å²) < 4.78 is 106. The number of sulfonamides is 1. The van der Waals surface area contributed by atoms with Gasteiger partial charge in [0.2, 0.25) is 12.9 Å². The summed E-state index contributed by atoms with van der Waals surface area (Å²) >= 11 is 0. The van der Waals surface area contributed by atoms with Gasteiger partial charge in [-0.05, 0) is 36.5 Å². The molecule has 1 aromatic heterocycles. The van der Waals surface area contributed by atoms with Gasteiger partial charge >= 0.3 is 0 Å². The highest BCUT2D eigenvalue weighted by molar-refractivity contribution is 7.92. The van der Waals surface area contributed by atoms with E-state index in [1.165, 1.54) is 0 Å². The van der Waals surface area contributed by atoms with Gasteiger partial charge in [0.1, 0.15) is 16.5 Å². The lowest BCUT2D eigenvalue weighted by molar-refractivity contribution is 0.0689. The highest BCUT2D eigenvalue weighted by Gasteiger charge is 2.32. The first kappa shape index (κ1) is 20.6. The average Bonchev–Trinajstić information content (AvgIpc) is 3.02. The summed E-state index contributed by atoms with van der Waals surface area (Å²) in [4.78, 5) is 2.41. The zero-order valence-electron chi connectivity index (χ0n) is 14.3. The van der Waals surface area contributed by atoms with Crippen LogP contribution in [-0.2, 0) is 29.3 Å². The molecule has 2 aromatic rings. The Balaban J connectivity index is 1.87. The van der Waals surface area contributed by atoms with Gasteiger partial charge in [-0.25, -0.2) is 34.8 Å². The van der Waals surface area contributed by atoms with Crippen molar-refractivity contribution in [2.75, 3.05) is 4.72 Å². The van der Waals surface area contributed by atoms with E-state index in [2.05, 4.69) is 4.98 Å². The van der Waals surface area contributed by atoms with E-state index in [0.717, 1.165) is 6.20 Å². The number of H-pyrrole nitrogens is 1. The van der Waals surface area contributed by atoms with E-state index >= 15 is 0 Å². The molecule has 0 radical (unpaired) electrons. The van der Waals surface area contributed by atoms with Crippen molar-refractivity contribution in [1.82, 2.24) is 4.98 Å². The Labute approximate surface area is 157 Å². The highest BCUT2D eigenvalue weighted by Crippen LogP contribution is 2.34. The van der Waals surface area contributed by atoms with Gasteiger partial charge in [-0.3, -0.25) is 4.72 Å². The van der Waals surface area contributed by atoms with Crippen LogP contribution < -0.4 is 4.72 Å². The number of hydrogen-bond donors (Lipinski definition) is 2. The Morgan fingerprint density at radius 3 is 2.50 bits per heavy atom. The van der Waals surface area contributed by atoms with Gasteiger partial charge in [0.15, 0.2) is 0 Å². The first-order chi connectivity index (χ1) is 13.1. The van der Waals surface area contributed by atoms with Gasteiger partial charge in [-0.2, -0.15) is 0 Å². The molecule has 1 aliphatic carbocycles. The number of anilines is 1. The van der Waals surface area contributed by atoms with E-state index in [0.29, 0.717) is 23.4 Å². The minimum absolute atomic E-state index is 0.0200. The van der Waals surface area contributed by atoms with Crippen LogP contribution in [0.3, 0.4) is 0 Å². The summed E-state index contributed by atoms with van der Waals surface area (Å²) in [6.07, 6.45) is -5.15. The van der Waals surface area contributed by atoms with Crippen LogP contribution in [0.5, 0.6) is 0 Å². The van der Waals surface area contributed by atoms with E-state index in [9.17, 15) is 34.8 Å². The number of nitrogens with one attached hydrogen (secondary N) is 2. The lowest BCUT2D eigenvalue weighted by atomic mass is 9.88. The van der Waals surface area contributed by atoms with Crippen molar-refractivity contribution >= 4 is 15.7 Å². The molecule has 0 aliphatic heterocycles. The van der Waals surface area contributed by atoms with Gasteiger partial charge in [-0.1, -0.05) is 0 Å². The Bertz CT molecular complexity index is 974. The molecule has 2 N–H and O–H groups in total. The van der Waals surface area contributed by atoms with Gasteiger partial charge < -0.3 is 4.98 Å². The third-order valence-electron chi connectivity index (χ3n) is 4.67. The first-order valence-electron chi connectivity index (χ1n) is 8.34. The largest absolute Gasteiger partial charge is 0.363 e. The van der Waals surface area contributed by atoms with Crippen LogP contribution >= 0.6 is 0 Å². The number of fused-ring (bicyclic) bond motifs is 1. The number of halogens is 6. The Morgan fingerprint density at radius 2 is 1.86 bits per heavy atom. The third kappa shape index (κ3) is 4.13. The van der Waals surface area contributed by atoms with Crippen LogP contribution in [0.25, 0.3) is 0 Å². The monoisotopic (exact) mass is 426 g/mol. The number of alkyl halides is 4. The Kier molecular flexibility index (Phi) is 5.64. The molecule has 0 saturated carbocycles. The summed E-state index contributed by atoms with van der Waals surface area (Å²) in [6, 6.07) is 1.01. The molecule has 3 rings (SSSR count). The third-order valence-corrected chi connectivity index (χ3v) is 6.10. The molecule has 28 heavy (non-hydrogen) atoms. The predicted octanol–water partition coefficient (Wildman–Crippen LogP) is 4.27. The number of aromatic nitrogens is 1. The SMILES string of the molecule is O=S(=O)(Nc1cc(F)c(CC(F)F)cc1F)c1c[nH]c2c1CCC(C(F)F)C2. The van der Waals surface area contributed by atoms with E-state index < -0.39 is 58.1 Å². The molecule has 0 bridgehead atoms. The molecule has 0 saturated heterocycles. The number of rotatable bonds is 6. The molecule has 154 valence electrons. The van der Waals surface area contributed by atoms with Crippen molar-refractivity contribution in [1.29, 1.82) is 0 Å². The quantitative estimate of drug-likeness (QED) is 0.678. The maximum Gasteiger partial charge on any atom is 0.263 e. The van der Waals surface area contributed by atoms with Gasteiger partial charge in [0.25, 0.3) is 10.0 Å². The molecule has 11 heteroatoms. The van der Waals surface area contributed by atoms with Gasteiger partial charge in [0.05, 0.1) is 5.69 Å². The molecule has 0 fully saturated rings. The summed E-state index contributed by atoms with van der Waals surface area (Å²) in [7, 11) is -4.35. The maximum atomic E-state index is 14.1. The zero-order chi connectivity index (χ0) is 20.6. The summed E-state index contributed by atoms with van der Waals surface area (Å²) in [5.41, 5.74) is -0.630. The molecule has 0 spiro atoms. The summed E-state index contributed by atoms with van der Waals surface area (Å²) in [5, 5.41) is 0. The van der Waals surface area contributed by atoms with Gasteiger partial charge in [0, 0.05) is 30.3 Å². The molecule has 1 heterocycles. The molecule has 1 aliphatic rings. The van der Waals surface area contributed by atoms with E-state index in [1.807, 2.05) is 4.72 Å². The fraction of sp³-hybridized carbons (Fsp3) is 0.412.